The third-order valence-corrected chi connectivity index (χ3v) is 4.27. The molecule has 118 valence electrons. The molecule has 0 aromatic heterocycles. The van der Waals surface area contributed by atoms with Gasteiger partial charge in [-0.05, 0) is 38.0 Å². The van der Waals surface area contributed by atoms with Gasteiger partial charge in [0.25, 0.3) is 0 Å². The Morgan fingerprint density at radius 2 is 2.00 bits per heavy atom. The summed E-state index contributed by atoms with van der Waals surface area (Å²) in [6.45, 7) is 4.25. The van der Waals surface area contributed by atoms with Gasteiger partial charge in [0.1, 0.15) is 6.10 Å². The van der Waals surface area contributed by atoms with Crippen molar-refractivity contribution in [3.8, 4) is 0 Å². The summed E-state index contributed by atoms with van der Waals surface area (Å²) in [5.41, 5.74) is 5.57. The SMILES string of the molecule is CCC(NC(=O)[C@@H]1CC[C@H](CN)O1)C1CCOCC1.Cl. The Morgan fingerprint density at radius 1 is 1.30 bits per heavy atom. The minimum absolute atomic E-state index is 0. The molecule has 3 N–H and O–H groups in total. The highest BCUT2D eigenvalue weighted by Gasteiger charge is 2.32. The number of carbonyl (C=O) groups excluding carboxylic acids is 1. The minimum Gasteiger partial charge on any atom is -0.381 e. The summed E-state index contributed by atoms with van der Waals surface area (Å²) in [7, 11) is 0. The molecule has 2 rings (SSSR count). The average molecular weight is 307 g/mol. The number of rotatable bonds is 5. The zero-order chi connectivity index (χ0) is 13.7. The van der Waals surface area contributed by atoms with Crippen molar-refractivity contribution in [3.05, 3.63) is 0 Å². The maximum absolute atomic E-state index is 12.2. The van der Waals surface area contributed by atoms with Crippen LogP contribution in [-0.2, 0) is 14.3 Å². The monoisotopic (exact) mass is 306 g/mol. The van der Waals surface area contributed by atoms with Crippen LogP contribution in [0.1, 0.15) is 39.0 Å². The van der Waals surface area contributed by atoms with Crippen LogP contribution in [0.3, 0.4) is 0 Å². The summed E-state index contributed by atoms with van der Waals surface area (Å²) in [4.78, 5) is 12.2. The van der Waals surface area contributed by atoms with Gasteiger partial charge < -0.3 is 20.5 Å². The number of hydrogen-bond donors (Lipinski definition) is 2. The normalized spacial score (nSPS) is 28.7. The minimum atomic E-state index is -0.303. The van der Waals surface area contributed by atoms with Gasteiger partial charge in [0.15, 0.2) is 0 Å². The number of nitrogens with one attached hydrogen (secondary N) is 1. The molecule has 0 spiro atoms. The maximum atomic E-state index is 12.2. The van der Waals surface area contributed by atoms with Crippen molar-refractivity contribution >= 4 is 18.3 Å². The second-order valence-electron chi connectivity index (χ2n) is 5.53. The van der Waals surface area contributed by atoms with Crippen LogP contribution < -0.4 is 11.1 Å². The molecule has 2 fully saturated rings. The second kappa shape index (κ2) is 8.82. The van der Waals surface area contributed by atoms with E-state index in [1.54, 1.807) is 0 Å². The largest absolute Gasteiger partial charge is 0.381 e. The van der Waals surface area contributed by atoms with E-state index in [4.69, 9.17) is 15.2 Å². The Balaban J connectivity index is 0.00000200. The third kappa shape index (κ3) is 4.58. The predicted molar refractivity (Wildman–Crippen MR) is 80.0 cm³/mol. The van der Waals surface area contributed by atoms with Gasteiger partial charge in [-0.1, -0.05) is 6.92 Å². The van der Waals surface area contributed by atoms with Crippen molar-refractivity contribution in [1.29, 1.82) is 0 Å². The van der Waals surface area contributed by atoms with Crippen LogP contribution >= 0.6 is 12.4 Å². The maximum Gasteiger partial charge on any atom is 0.249 e. The van der Waals surface area contributed by atoms with Crippen LogP contribution in [0, 0.1) is 5.92 Å². The fourth-order valence-electron chi connectivity index (χ4n) is 3.02. The molecule has 1 amide bonds. The van der Waals surface area contributed by atoms with Gasteiger partial charge in [-0.3, -0.25) is 4.79 Å². The van der Waals surface area contributed by atoms with Crippen LogP contribution in [0.15, 0.2) is 0 Å². The molecule has 0 aromatic carbocycles. The summed E-state index contributed by atoms with van der Waals surface area (Å²) < 4.78 is 11.0. The van der Waals surface area contributed by atoms with Crippen molar-refractivity contribution in [3.63, 3.8) is 0 Å². The number of nitrogens with two attached hydrogens (primary N) is 1. The number of ether oxygens (including phenoxy) is 2. The molecule has 6 heteroatoms. The van der Waals surface area contributed by atoms with E-state index in [0.29, 0.717) is 12.5 Å². The molecular formula is C14H27ClN2O3. The molecule has 2 saturated heterocycles. The van der Waals surface area contributed by atoms with Crippen molar-refractivity contribution in [2.24, 2.45) is 11.7 Å². The highest BCUT2D eigenvalue weighted by molar-refractivity contribution is 5.85. The molecule has 20 heavy (non-hydrogen) atoms. The first kappa shape index (κ1) is 17.7. The topological polar surface area (TPSA) is 73.6 Å². The fraction of sp³-hybridized carbons (Fsp3) is 0.929. The predicted octanol–water partition coefficient (Wildman–Crippen LogP) is 1.24. The molecule has 1 unspecified atom stereocenters. The van der Waals surface area contributed by atoms with E-state index in [9.17, 15) is 4.79 Å². The van der Waals surface area contributed by atoms with Gasteiger partial charge in [0.05, 0.1) is 6.10 Å². The number of hydrogen-bond acceptors (Lipinski definition) is 4. The molecule has 0 aliphatic carbocycles. The zero-order valence-corrected chi connectivity index (χ0v) is 13.0. The Morgan fingerprint density at radius 3 is 2.55 bits per heavy atom. The van der Waals surface area contributed by atoms with Crippen molar-refractivity contribution in [1.82, 2.24) is 5.32 Å². The van der Waals surface area contributed by atoms with Crippen LogP contribution in [0.2, 0.25) is 0 Å². The quantitative estimate of drug-likeness (QED) is 0.801. The standard InChI is InChI=1S/C14H26N2O3.ClH/c1-2-12(10-5-7-18-8-6-10)16-14(17)13-4-3-11(9-15)19-13;/h10-13H,2-9,15H2,1H3,(H,16,17);1H/t11-,12?,13+;/m1./s1. The number of amides is 1. The smallest absolute Gasteiger partial charge is 0.249 e. The first-order valence-electron chi connectivity index (χ1n) is 7.48. The summed E-state index contributed by atoms with van der Waals surface area (Å²) in [5.74, 6) is 0.573. The van der Waals surface area contributed by atoms with Crippen LogP contribution in [0.25, 0.3) is 0 Å². The molecule has 0 radical (unpaired) electrons. The summed E-state index contributed by atoms with van der Waals surface area (Å²) >= 11 is 0. The fourth-order valence-corrected chi connectivity index (χ4v) is 3.02. The highest BCUT2D eigenvalue weighted by Crippen LogP contribution is 2.23. The van der Waals surface area contributed by atoms with Crippen molar-refractivity contribution in [2.45, 2.75) is 57.3 Å². The Kier molecular flexibility index (Phi) is 7.80. The van der Waals surface area contributed by atoms with Gasteiger partial charge in [-0.15, -0.1) is 12.4 Å². The van der Waals surface area contributed by atoms with E-state index in [1.165, 1.54) is 0 Å². The summed E-state index contributed by atoms with van der Waals surface area (Å²) in [5, 5.41) is 3.16. The highest BCUT2D eigenvalue weighted by atomic mass is 35.5. The number of carbonyl (C=O) groups is 1. The van der Waals surface area contributed by atoms with Crippen molar-refractivity contribution < 1.29 is 14.3 Å². The van der Waals surface area contributed by atoms with Gasteiger partial charge in [-0.2, -0.15) is 0 Å². The Hall–Kier alpha value is -0.360. The molecule has 0 bridgehead atoms. The lowest BCUT2D eigenvalue weighted by Gasteiger charge is -2.31. The molecule has 0 saturated carbocycles. The second-order valence-corrected chi connectivity index (χ2v) is 5.53. The molecule has 2 heterocycles. The molecule has 3 atom stereocenters. The first-order valence-corrected chi connectivity index (χ1v) is 7.48. The van der Waals surface area contributed by atoms with Gasteiger partial charge >= 0.3 is 0 Å². The van der Waals surface area contributed by atoms with Crippen LogP contribution in [-0.4, -0.2) is 43.9 Å². The van der Waals surface area contributed by atoms with E-state index >= 15 is 0 Å². The lowest BCUT2D eigenvalue weighted by molar-refractivity contribution is -0.133. The molecule has 2 aliphatic rings. The summed E-state index contributed by atoms with van der Waals surface area (Å²) in [6.07, 6.45) is 4.47. The van der Waals surface area contributed by atoms with E-state index in [0.717, 1.165) is 45.3 Å². The van der Waals surface area contributed by atoms with Gasteiger partial charge in [0.2, 0.25) is 5.91 Å². The molecule has 2 aliphatic heterocycles. The summed E-state index contributed by atoms with van der Waals surface area (Å²) in [6, 6.07) is 0.247. The van der Waals surface area contributed by atoms with Gasteiger partial charge in [-0.25, -0.2) is 0 Å². The molecule has 5 nitrogen and oxygen atoms in total. The van der Waals surface area contributed by atoms with E-state index in [-0.39, 0.29) is 36.6 Å². The van der Waals surface area contributed by atoms with Crippen LogP contribution in [0.4, 0.5) is 0 Å². The van der Waals surface area contributed by atoms with E-state index in [2.05, 4.69) is 12.2 Å². The van der Waals surface area contributed by atoms with E-state index < -0.39 is 0 Å². The lowest BCUT2D eigenvalue weighted by atomic mass is 9.90. The molecule has 0 aromatic rings. The zero-order valence-electron chi connectivity index (χ0n) is 12.2. The Bertz CT molecular complexity index is 298. The Labute approximate surface area is 127 Å². The third-order valence-electron chi connectivity index (χ3n) is 4.27. The lowest BCUT2D eigenvalue weighted by Crippen LogP contribution is -2.46. The van der Waals surface area contributed by atoms with E-state index in [1.807, 2.05) is 0 Å². The van der Waals surface area contributed by atoms with Crippen molar-refractivity contribution in [2.75, 3.05) is 19.8 Å². The first-order chi connectivity index (χ1) is 9.24. The van der Waals surface area contributed by atoms with Crippen LogP contribution in [0.5, 0.6) is 0 Å². The molecular weight excluding hydrogens is 280 g/mol. The van der Waals surface area contributed by atoms with Gasteiger partial charge in [0, 0.05) is 25.8 Å². The number of halogens is 1. The average Bonchev–Trinajstić information content (AvgIpc) is 2.94.